The van der Waals surface area contributed by atoms with E-state index in [1.54, 1.807) is 7.11 Å². The molecule has 1 saturated carbocycles. The number of piperazine rings is 1. The molecule has 2 fully saturated rings. The van der Waals surface area contributed by atoms with E-state index in [0.29, 0.717) is 17.7 Å². The molecule has 1 saturated heterocycles. The molecule has 0 spiro atoms. The maximum atomic E-state index is 12.7. The summed E-state index contributed by atoms with van der Waals surface area (Å²) >= 11 is 6.12. The molecule has 2 aliphatic rings. The Kier molecular flexibility index (Phi) is 9.08. The van der Waals surface area contributed by atoms with Crippen molar-refractivity contribution in [1.82, 2.24) is 15.1 Å². The van der Waals surface area contributed by atoms with Crippen molar-refractivity contribution in [3.05, 3.63) is 64.7 Å². The Balaban J connectivity index is 1.32. The Bertz CT molecular complexity index is 910. The molecule has 0 aromatic heterocycles. The van der Waals surface area contributed by atoms with Crippen LogP contribution in [0.3, 0.4) is 0 Å². The van der Waals surface area contributed by atoms with Crippen LogP contribution >= 0.6 is 11.6 Å². The Morgan fingerprint density at radius 1 is 1.06 bits per heavy atom. The van der Waals surface area contributed by atoms with E-state index in [1.807, 2.05) is 53.4 Å². The number of nitrogens with one attached hydrogen (secondary N) is 1. The Morgan fingerprint density at radius 3 is 2.50 bits per heavy atom. The van der Waals surface area contributed by atoms with Crippen LogP contribution in [-0.2, 0) is 11.3 Å². The van der Waals surface area contributed by atoms with Crippen molar-refractivity contribution in [2.24, 2.45) is 0 Å². The van der Waals surface area contributed by atoms with Gasteiger partial charge >= 0.3 is 6.03 Å². The van der Waals surface area contributed by atoms with Gasteiger partial charge in [-0.1, -0.05) is 55.1 Å². The number of methoxy groups -OCH3 is 1. The van der Waals surface area contributed by atoms with Crippen LogP contribution in [0.4, 0.5) is 4.79 Å². The van der Waals surface area contributed by atoms with Gasteiger partial charge in [-0.3, -0.25) is 4.90 Å². The molecule has 1 N–H and O–H groups in total. The predicted molar refractivity (Wildman–Crippen MR) is 135 cm³/mol. The van der Waals surface area contributed by atoms with Gasteiger partial charge in [-0.05, 0) is 48.2 Å². The summed E-state index contributed by atoms with van der Waals surface area (Å²) in [5.74, 6) is 0.826. The first-order valence-corrected chi connectivity index (χ1v) is 12.8. The molecule has 1 aliphatic carbocycles. The van der Waals surface area contributed by atoms with Crippen molar-refractivity contribution < 1.29 is 14.3 Å². The number of urea groups is 1. The average molecular weight is 486 g/mol. The monoisotopic (exact) mass is 485 g/mol. The normalized spacial score (nSPS) is 18.5. The molecule has 1 unspecified atom stereocenters. The van der Waals surface area contributed by atoms with E-state index in [-0.39, 0.29) is 12.1 Å². The highest BCUT2D eigenvalue weighted by molar-refractivity contribution is 6.30. The molecule has 2 aromatic carbocycles. The van der Waals surface area contributed by atoms with E-state index >= 15 is 0 Å². The first kappa shape index (κ1) is 24.8. The predicted octanol–water partition coefficient (Wildman–Crippen LogP) is 5.27. The summed E-state index contributed by atoms with van der Waals surface area (Å²) < 4.78 is 11.7. The van der Waals surface area contributed by atoms with Gasteiger partial charge in [-0.25, -0.2) is 4.79 Å². The van der Waals surface area contributed by atoms with Gasteiger partial charge in [0.25, 0.3) is 0 Å². The summed E-state index contributed by atoms with van der Waals surface area (Å²) in [5, 5.41) is 3.96. The molecule has 1 atom stereocenters. The number of carbonyl (C=O) groups excluding carboxylic acids is 1. The average Bonchev–Trinajstić information content (AvgIpc) is 2.88. The summed E-state index contributed by atoms with van der Waals surface area (Å²) in [6, 6.07) is 16.3. The Morgan fingerprint density at radius 2 is 1.79 bits per heavy atom. The number of benzene rings is 2. The topological polar surface area (TPSA) is 54.0 Å². The number of amides is 2. The minimum absolute atomic E-state index is 0.0916. The molecule has 2 aromatic rings. The standard InChI is InChI=1S/C27H36ClN3O3/c1-33-25-9-5-6-21(18-25)20-34-26(22-10-12-23(28)13-11-22)19-30-14-16-31(17-15-30)27(32)29-24-7-3-2-4-8-24/h5-6,9-13,18,24,26H,2-4,7-8,14-17,19-20H2,1H3,(H,29,32). The van der Waals surface area contributed by atoms with Crippen LogP contribution in [0, 0.1) is 0 Å². The van der Waals surface area contributed by atoms with Crippen molar-refractivity contribution in [3.63, 3.8) is 0 Å². The van der Waals surface area contributed by atoms with Crippen LogP contribution in [0.25, 0.3) is 0 Å². The molecule has 1 heterocycles. The van der Waals surface area contributed by atoms with Crippen LogP contribution in [0.2, 0.25) is 5.02 Å². The summed E-state index contributed by atoms with van der Waals surface area (Å²) in [6.45, 7) is 4.41. The minimum Gasteiger partial charge on any atom is -0.497 e. The van der Waals surface area contributed by atoms with E-state index in [4.69, 9.17) is 21.1 Å². The molecule has 1 aliphatic heterocycles. The fraction of sp³-hybridized carbons (Fsp3) is 0.519. The lowest BCUT2D eigenvalue weighted by Gasteiger charge is -2.37. The molecular weight excluding hydrogens is 450 g/mol. The molecule has 2 amide bonds. The molecular formula is C27H36ClN3O3. The maximum Gasteiger partial charge on any atom is 0.317 e. The van der Waals surface area contributed by atoms with E-state index in [1.165, 1.54) is 19.3 Å². The lowest BCUT2D eigenvalue weighted by Crippen LogP contribution is -2.54. The van der Waals surface area contributed by atoms with Gasteiger partial charge in [0.15, 0.2) is 0 Å². The maximum absolute atomic E-state index is 12.7. The van der Waals surface area contributed by atoms with Crippen molar-refractivity contribution in [2.75, 3.05) is 39.8 Å². The molecule has 7 heteroatoms. The zero-order chi connectivity index (χ0) is 23.8. The summed E-state index contributed by atoms with van der Waals surface area (Å²) in [6.07, 6.45) is 5.87. The van der Waals surface area contributed by atoms with Crippen LogP contribution in [0.1, 0.15) is 49.3 Å². The molecule has 6 nitrogen and oxygen atoms in total. The van der Waals surface area contributed by atoms with Gasteiger partial charge in [0, 0.05) is 43.8 Å². The number of halogens is 1. The van der Waals surface area contributed by atoms with Gasteiger partial charge in [0.05, 0.1) is 19.8 Å². The second-order valence-electron chi connectivity index (χ2n) is 9.27. The molecule has 0 radical (unpaired) electrons. The van der Waals surface area contributed by atoms with Crippen LogP contribution in [0.15, 0.2) is 48.5 Å². The first-order valence-electron chi connectivity index (χ1n) is 12.4. The van der Waals surface area contributed by atoms with Crippen LogP contribution in [-0.4, -0.2) is 61.7 Å². The van der Waals surface area contributed by atoms with Crippen molar-refractivity contribution in [2.45, 2.75) is 50.9 Å². The second-order valence-corrected chi connectivity index (χ2v) is 9.71. The Hall–Kier alpha value is -2.28. The number of carbonyl (C=O) groups is 1. The highest BCUT2D eigenvalue weighted by Gasteiger charge is 2.26. The third-order valence-corrected chi connectivity index (χ3v) is 7.10. The van der Waals surface area contributed by atoms with Gasteiger partial charge in [-0.15, -0.1) is 0 Å². The highest BCUT2D eigenvalue weighted by Crippen LogP contribution is 2.24. The van der Waals surface area contributed by atoms with Gasteiger partial charge in [-0.2, -0.15) is 0 Å². The van der Waals surface area contributed by atoms with Gasteiger partial charge in [0.1, 0.15) is 5.75 Å². The summed E-state index contributed by atoms with van der Waals surface area (Å²) in [4.78, 5) is 17.1. The van der Waals surface area contributed by atoms with Crippen molar-refractivity contribution in [1.29, 1.82) is 0 Å². The van der Waals surface area contributed by atoms with Crippen LogP contribution in [0.5, 0.6) is 5.75 Å². The number of nitrogens with zero attached hydrogens (tertiary/aromatic N) is 2. The largest absolute Gasteiger partial charge is 0.497 e. The van der Waals surface area contributed by atoms with E-state index in [2.05, 4.69) is 10.2 Å². The molecule has 0 bridgehead atoms. The lowest BCUT2D eigenvalue weighted by molar-refractivity contribution is 0.00541. The van der Waals surface area contributed by atoms with Crippen LogP contribution < -0.4 is 10.1 Å². The van der Waals surface area contributed by atoms with E-state index in [0.717, 1.165) is 62.4 Å². The van der Waals surface area contributed by atoms with Gasteiger partial charge < -0.3 is 19.7 Å². The number of ether oxygens (including phenoxy) is 2. The SMILES string of the molecule is COc1cccc(COC(CN2CCN(C(=O)NC3CCCCC3)CC2)c2ccc(Cl)cc2)c1. The fourth-order valence-electron chi connectivity index (χ4n) is 4.77. The third kappa shape index (κ3) is 7.11. The fourth-order valence-corrected chi connectivity index (χ4v) is 4.90. The highest BCUT2D eigenvalue weighted by atomic mass is 35.5. The number of hydrogen-bond acceptors (Lipinski definition) is 4. The number of hydrogen-bond donors (Lipinski definition) is 1. The van der Waals surface area contributed by atoms with Crippen molar-refractivity contribution >= 4 is 17.6 Å². The minimum atomic E-state index is -0.0916. The zero-order valence-corrected chi connectivity index (χ0v) is 20.8. The summed E-state index contributed by atoms with van der Waals surface area (Å²) in [5.41, 5.74) is 2.17. The quantitative estimate of drug-likeness (QED) is 0.553. The third-order valence-electron chi connectivity index (χ3n) is 6.84. The smallest absolute Gasteiger partial charge is 0.317 e. The first-order chi connectivity index (χ1) is 16.6. The van der Waals surface area contributed by atoms with E-state index in [9.17, 15) is 4.79 Å². The Labute approximate surface area is 208 Å². The molecule has 34 heavy (non-hydrogen) atoms. The number of rotatable bonds is 8. The molecule has 184 valence electrons. The lowest BCUT2D eigenvalue weighted by atomic mass is 9.96. The zero-order valence-electron chi connectivity index (χ0n) is 20.0. The molecule has 4 rings (SSSR count). The second kappa shape index (κ2) is 12.4. The summed E-state index contributed by atoms with van der Waals surface area (Å²) in [7, 11) is 1.67. The van der Waals surface area contributed by atoms with Gasteiger partial charge in [0.2, 0.25) is 0 Å². The van der Waals surface area contributed by atoms with Crippen molar-refractivity contribution in [3.8, 4) is 5.75 Å². The van der Waals surface area contributed by atoms with E-state index < -0.39 is 0 Å².